The molecule has 0 bridgehead atoms. The standard InChI is InChI=1S/C10H13NO3/c1-12-6-3-8(13-2)10-7(11)5-14-9(10)4-6/h3-4,7H,5,11H2,1-2H3. The first-order chi connectivity index (χ1) is 6.76. The highest BCUT2D eigenvalue weighted by atomic mass is 16.5. The summed E-state index contributed by atoms with van der Waals surface area (Å²) in [6.07, 6.45) is 0. The SMILES string of the molecule is COc1cc(OC)c2c(c1)OCC2N. The molecule has 1 aromatic carbocycles. The Morgan fingerprint density at radius 2 is 2.14 bits per heavy atom. The fourth-order valence-electron chi connectivity index (χ4n) is 1.61. The molecule has 4 nitrogen and oxygen atoms in total. The minimum absolute atomic E-state index is 0.106. The number of methoxy groups -OCH3 is 2. The van der Waals surface area contributed by atoms with Gasteiger partial charge in [-0.15, -0.1) is 0 Å². The molecule has 2 N–H and O–H groups in total. The third-order valence-electron chi connectivity index (χ3n) is 2.32. The predicted octanol–water partition coefficient (Wildman–Crippen LogP) is 1.10. The van der Waals surface area contributed by atoms with E-state index in [1.165, 1.54) is 0 Å². The monoisotopic (exact) mass is 195 g/mol. The second-order valence-corrected chi connectivity index (χ2v) is 3.16. The second kappa shape index (κ2) is 3.38. The number of benzene rings is 1. The molecular weight excluding hydrogens is 182 g/mol. The molecule has 1 aliphatic heterocycles. The molecule has 1 aromatic rings. The van der Waals surface area contributed by atoms with E-state index >= 15 is 0 Å². The van der Waals surface area contributed by atoms with Crippen molar-refractivity contribution < 1.29 is 14.2 Å². The molecule has 0 fully saturated rings. The first kappa shape index (κ1) is 9.15. The van der Waals surface area contributed by atoms with Crippen molar-refractivity contribution in [3.8, 4) is 17.2 Å². The van der Waals surface area contributed by atoms with Gasteiger partial charge in [-0.2, -0.15) is 0 Å². The molecule has 1 unspecified atom stereocenters. The maximum atomic E-state index is 5.87. The molecule has 0 aromatic heterocycles. The van der Waals surface area contributed by atoms with Crippen molar-refractivity contribution in [1.29, 1.82) is 0 Å². The van der Waals surface area contributed by atoms with Gasteiger partial charge in [0, 0.05) is 12.1 Å². The van der Waals surface area contributed by atoms with Crippen molar-refractivity contribution in [3.05, 3.63) is 17.7 Å². The molecule has 0 radical (unpaired) electrons. The number of rotatable bonds is 2. The van der Waals surface area contributed by atoms with E-state index in [1.807, 2.05) is 12.1 Å². The number of hydrogen-bond acceptors (Lipinski definition) is 4. The number of hydrogen-bond donors (Lipinski definition) is 1. The van der Waals surface area contributed by atoms with Crippen molar-refractivity contribution >= 4 is 0 Å². The van der Waals surface area contributed by atoms with Crippen LogP contribution in [-0.4, -0.2) is 20.8 Å². The average molecular weight is 195 g/mol. The van der Waals surface area contributed by atoms with Gasteiger partial charge >= 0.3 is 0 Å². The third kappa shape index (κ3) is 1.28. The fourth-order valence-corrected chi connectivity index (χ4v) is 1.61. The highest BCUT2D eigenvalue weighted by Crippen LogP contribution is 2.41. The van der Waals surface area contributed by atoms with Crippen LogP contribution in [0.3, 0.4) is 0 Å². The van der Waals surface area contributed by atoms with Gasteiger partial charge < -0.3 is 19.9 Å². The van der Waals surface area contributed by atoms with Crippen molar-refractivity contribution in [2.75, 3.05) is 20.8 Å². The van der Waals surface area contributed by atoms with Crippen LogP contribution in [0.1, 0.15) is 11.6 Å². The van der Waals surface area contributed by atoms with Crippen molar-refractivity contribution in [3.63, 3.8) is 0 Å². The molecule has 1 heterocycles. The average Bonchev–Trinajstić information content (AvgIpc) is 2.59. The highest BCUT2D eigenvalue weighted by Gasteiger charge is 2.25. The number of ether oxygens (including phenoxy) is 3. The minimum atomic E-state index is -0.106. The smallest absolute Gasteiger partial charge is 0.131 e. The Balaban J connectivity index is 2.52. The van der Waals surface area contributed by atoms with Crippen LogP contribution >= 0.6 is 0 Å². The Hall–Kier alpha value is -1.42. The van der Waals surface area contributed by atoms with Crippen LogP contribution in [0.25, 0.3) is 0 Å². The van der Waals surface area contributed by atoms with Gasteiger partial charge in [-0.1, -0.05) is 0 Å². The van der Waals surface area contributed by atoms with Gasteiger partial charge in [-0.05, 0) is 0 Å². The van der Waals surface area contributed by atoms with Crippen LogP contribution < -0.4 is 19.9 Å². The Bertz CT molecular complexity index is 351. The summed E-state index contributed by atoms with van der Waals surface area (Å²) in [7, 11) is 3.22. The lowest BCUT2D eigenvalue weighted by atomic mass is 10.1. The molecule has 2 rings (SSSR count). The van der Waals surface area contributed by atoms with Crippen molar-refractivity contribution in [1.82, 2.24) is 0 Å². The van der Waals surface area contributed by atoms with Crippen molar-refractivity contribution in [2.45, 2.75) is 6.04 Å². The van der Waals surface area contributed by atoms with E-state index in [2.05, 4.69) is 0 Å². The van der Waals surface area contributed by atoms with E-state index in [9.17, 15) is 0 Å². The Morgan fingerprint density at radius 3 is 2.79 bits per heavy atom. The summed E-state index contributed by atoms with van der Waals surface area (Å²) in [4.78, 5) is 0. The number of fused-ring (bicyclic) bond motifs is 1. The molecule has 1 atom stereocenters. The maximum absolute atomic E-state index is 5.87. The fraction of sp³-hybridized carbons (Fsp3) is 0.400. The van der Waals surface area contributed by atoms with Gasteiger partial charge in [0.25, 0.3) is 0 Å². The quantitative estimate of drug-likeness (QED) is 0.767. The molecule has 0 saturated heterocycles. The van der Waals surface area contributed by atoms with E-state index in [4.69, 9.17) is 19.9 Å². The van der Waals surface area contributed by atoms with Gasteiger partial charge in [0.1, 0.15) is 23.9 Å². The van der Waals surface area contributed by atoms with E-state index in [0.717, 1.165) is 22.8 Å². The molecule has 0 spiro atoms. The van der Waals surface area contributed by atoms with Crippen LogP contribution in [0.4, 0.5) is 0 Å². The van der Waals surface area contributed by atoms with Crippen LogP contribution in [0, 0.1) is 0 Å². The summed E-state index contributed by atoms with van der Waals surface area (Å²) in [5.41, 5.74) is 6.79. The van der Waals surface area contributed by atoms with Gasteiger partial charge in [0.15, 0.2) is 0 Å². The lowest BCUT2D eigenvalue weighted by Gasteiger charge is -2.10. The second-order valence-electron chi connectivity index (χ2n) is 3.16. The predicted molar refractivity (Wildman–Crippen MR) is 52.0 cm³/mol. The lowest BCUT2D eigenvalue weighted by Crippen LogP contribution is -2.11. The van der Waals surface area contributed by atoms with Crippen molar-refractivity contribution in [2.24, 2.45) is 5.73 Å². The molecular formula is C10H13NO3. The van der Waals surface area contributed by atoms with E-state index in [-0.39, 0.29) is 6.04 Å². The first-order valence-electron chi connectivity index (χ1n) is 4.40. The molecule has 76 valence electrons. The van der Waals surface area contributed by atoms with Crippen LogP contribution in [-0.2, 0) is 0 Å². The van der Waals surface area contributed by atoms with Crippen LogP contribution in [0.2, 0.25) is 0 Å². The van der Waals surface area contributed by atoms with E-state index in [1.54, 1.807) is 14.2 Å². The Labute approximate surface area is 82.6 Å². The van der Waals surface area contributed by atoms with Gasteiger partial charge in [0.2, 0.25) is 0 Å². The molecule has 0 aliphatic carbocycles. The van der Waals surface area contributed by atoms with Gasteiger partial charge in [0.05, 0.1) is 25.8 Å². The summed E-state index contributed by atoms with van der Waals surface area (Å²) in [6, 6.07) is 3.53. The summed E-state index contributed by atoms with van der Waals surface area (Å²) in [5.74, 6) is 2.20. The topological polar surface area (TPSA) is 53.7 Å². The molecule has 1 aliphatic rings. The summed E-state index contributed by atoms with van der Waals surface area (Å²) >= 11 is 0. The molecule has 0 saturated carbocycles. The third-order valence-corrected chi connectivity index (χ3v) is 2.32. The highest BCUT2D eigenvalue weighted by molar-refractivity contribution is 5.54. The van der Waals surface area contributed by atoms with Gasteiger partial charge in [-0.25, -0.2) is 0 Å². The summed E-state index contributed by atoms with van der Waals surface area (Å²) in [5, 5.41) is 0. The van der Waals surface area contributed by atoms with Crippen LogP contribution in [0.5, 0.6) is 17.2 Å². The Kier molecular flexibility index (Phi) is 2.21. The van der Waals surface area contributed by atoms with E-state index < -0.39 is 0 Å². The zero-order valence-corrected chi connectivity index (χ0v) is 8.24. The minimum Gasteiger partial charge on any atom is -0.496 e. The molecule has 14 heavy (non-hydrogen) atoms. The zero-order valence-electron chi connectivity index (χ0n) is 8.24. The summed E-state index contributed by atoms with van der Waals surface area (Å²) in [6.45, 7) is 0.499. The number of nitrogens with two attached hydrogens (primary N) is 1. The maximum Gasteiger partial charge on any atom is 0.131 e. The van der Waals surface area contributed by atoms with Crippen LogP contribution in [0.15, 0.2) is 12.1 Å². The first-order valence-corrected chi connectivity index (χ1v) is 4.40. The Morgan fingerprint density at radius 1 is 1.36 bits per heavy atom. The molecule has 0 amide bonds. The lowest BCUT2D eigenvalue weighted by molar-refractivity contribution is 0.331. The normalized spacial score (nSPS) is 18.6. The molecule has 4 heteroatoms. The van der Waals surface area contributed by atoms with E-state index in [0.29, 0.717) is 6.61 Å². The summed E-state index contributed by atoms with van der Waals surface area (Å²) < 4.78 is 15.8. The zero-order chi connectivity index (χ0) is 10.1. The largest absolute Gasteiger partial charge is 0.496 e. The van der Waals surface area contributed by atoms with Gasteiger partial charge in [-0.3, -0.25) is 0 Å².